The molecule has 0 unspecified atom stereocenters. The van der Waals surface area contributed by atoms with Crippen molar-refractivity contribution in [2.24, 2.45) is 0 Å². The van der Waals surface area contributed by atoms with E-state index >= 15 is 0 Å². The minimum atomic E-state index is -0.515. The van der Waals surface area contributed by atoms with Gasteiger partial charge in [0, 0.05) is 17.8 Å². The van der Waals surface area contributed by atoms with Crippen molar-refractivity contribution in [3.05, 3.63) is 65.3 Å². The van der Waals surface area contributed by atoms with E-state index in [9.17, 15) is 19.4 Å². The summed E-state index contributed by atoms with van der Waals surface area (Å²) in [4.78, 5) is 16.5. The van der Waals surface area contributed by atoms with Gasteiger partial charge in [-0.05, 0) is 49.6 Å². The van der Waals surface area contributed by atoms with Gasteiger partial charge in [-0.3, -0.25) is 4.79 Å². The minimum absolute atomic E-state index is 0.0128. The lowest BCUT2D eigenvalue weighted by molar-refractivity contribution is 0.0873. The number of halogens is 1. The maximum Gasteiger partial charge on any atom is 0.253 e. The Balaban J connectivity index is 1.43. The van der Waals surface area contributed by atoms with E-state index in [-0.39, 0.29) is 42.6 Å². The van der Waals surface area contributed by atoms with E-state index in [4.69, 9.17) is 9.26 Å². The molecule has 0 radical (unpaired) electrons. The number of aliphatic hydroxyl groups is 2. The highest BCUT2D eigenvalue weighted by Crippen LogP contribution is 2.27. The summed E-state index contributed by atoms with van der Waals surface area (Å²) in [5, 5.41) is 26.2. The van der Waals surface area contributed by atoms with Crippen LogP contribution in [0.3, 0.4) is 0 Å². The Hall–Kier alpha value is -3.30. The first-order valence-corrected chi connectivity index (χ1v) is 9.97. The van der Waals surface area contributed by atoms with Gasteiger partial charge in [0.05, 0.1) is 23.3 Å². The molecule has 0 spiro atoms. The highest BCUT2D eigenvalue weighted by Gasteiger charge is 2.27. The molecule has 162 valence electrons. The van der Waals surface area contributed by atoms with Crippen LogP contribution in [0.5, 0.6) is 5.88 Å². The number of amides is 1. The lowest BCUT2D eigenvalue weighted by Crippen LogP contribution is -2.39. The Bertz CT molecular complexity index is 1040. The zero-order chi connectivity index (χ0) is 21.8. The summed E-state index contributed by atoms with van der Waals surface area (Å²) in [6.07, 6.45) is 3.21. The number of carbonyl (C=O) groups excluding carboxylic acids is 1. The summed E-state index contributed by atoms with van der Waals surface area (Å²) in [5.74, 6) is -0.161. The summed E-state index contributed by atoms with van der Waals surface area (Å²) in [7, 11) is 0. The Labute approximate surface area is 177 Å². The molecule has 1 saturated carbocycles. The number of nitrogens with zero attached hydrogens (tertiary/aromatic N) is 2. The number of ether oxygens (including phenoxy) is 1. The average Bonchev–Trinajstić information content (AvgIpc) is 3.38. The number of pyridine rings is 1. The maximum absolute atomic E-state index is 13.2. The van der Waals surface area contributed by atoms with Gasteiger partial charge < -0.3 is 24.8 Å². The zero-order valence-corrected chi connectivity index (χ0v) is 16.6. The van der Waals surface area contributed by atoms with Crippen LogP contribution in [0, 0.1) is 5.82 Å². The molecule has 3 N–H and O–H groups in total. The second-order valence-corrected chi connectivity index (χ2v) is 7.35. The molecule has 8 nitrogen and oxygen atoms in total. The molecule has 0 aliphatic heterocycles. The van der Waals surface area contributed by atoms with Crippen LogP contribution in [-0.4, -0.2) is 38.4 Å². The molecule has 1 aliphatic carbocycles. The third kappa shape index (κ3) is 4.73. The Morgan fingerprint density at radius 1 is 1.23 bits per heavy atom. The molecule has 2 atom stereocenters. The van der Waals surface area contributed by atoms with Crippen LogP contribution in [0.1, 0.15) is 40.9 Å². The third-order valence-electron chi connectivity index (χ3n) is 5.29. The molecule has 1 aromatic carbocycles. The van der Waals surface area contributed by atoms with Gasteiger partial charge in [-0.2, -0.15) is 0 Å². The summed E-state index contributed by atoms with van der Waals surface area (Å²) in [6.45, 7) is -0.356. The lowest BCUT2D eigenvalue weighted by atomic mass is 10.1. The minimum Gasteiger partial charge on any atom is -0.473 e. The predicted octanol–water partition coefficient (Wildman–Crippen LogP) is 2.59. The van der Waals surface area contributed by atoms with E-state index in [0.717, 1.165) is 12.8 Å². The smallest absolute Gasteiger partial charge is 0.253 e. The molecule has 0 bridgehead atoms. The number of carbonyl (C=O) groups is 1. The second-order valence-electron chi connectivity index (χ2n) is 7.35. The first kappa shape index (κ1) is 21.0. The van der Waals surface area contributed by atoms with Gasteiger partial charge in [0.15, 0.2) is 5.76 Å². The Kier molecular flexibility index (Phi) is 6.24. The summed E-state index contributed by atoms with van der Waals surface area (Å²) in [5.41, 5.74) is 1.94. The van der Waals surface area contributed by atoms with E-state index in [1.165, 1.54) is 18.3 Å². The van der Waals surface area contributed by atoms with E-state index in [0.29, 0.717) is 28.8 Å². The molecule has 1 aliphatic rings. The van der Waals surface area contributed by atoms with Gasteiger partial charge in [0.2, 0.25) is 5.88 Å². The van der Waals surface area contributed by atoms with Gasteiger partial charge in [-0.25, -0.2) is 9.37 Å². The standard InChI is InChI=1S/C22H22FN3O5/c23-15-7-4-13(5-8-15)21-16(19(11-27)31-26-21)12-30-20-9-6-14(10-24-20)22(29)25-17-2-1-3-18(17)28/h4-10,17-18,27-28H,1-3,11-12H2,(H,25,29)/t17-,18-/m1/s1. The number of aromatic nitrogens is 2. The van der Waals surface area contributed by atoms with Gasteiger partial charge in [-0.15, -0.1) is 0 Å². The van der Waals surface area contributed by atoms with Crippen molar-refractivity contribution in [3.63, 3.8) is 0 Å². The quantitative estimate of drug-likeness (QED) is 0.530. The first-order valence-electron chi connectivity index (χ1n) is 9.97. The number of rotatable bonds is 7. The summed E-state index contributed by atoms with van der Waals surface area (Å²) >= 11 is 0. The van der Waals surface area contributed by atoms with E-state index < -0.39 is 6.10 Å². The fraction of sp³-hybridized carbons (Fsp3) is 0.318. The molecular formula is C22H22FN3O5. The number of aliphatic hydroxyl groups excluding tert-OH is 2. The van der Waals surface area contributed by atoms with Crippen molar-refractivity contribution >= 4 is 5.91 Å². The molecule has 31 heavy (non-hydrogen) atoms. The van der Waals surface area contributed by atoms with E-state index in [1.807, 2.05) is 0 Å². The Morgan fingerprint density at radius 3 is 2.68 bits per heavy atom. The zero-order valence-electron chi connectivity index (χ0n) is 16.6. The summed E-state index contributed by atoms with van der Waals surface area (Å²) in [6, 6.07) is 8.64. The second kappa shape index (κ2) is 9.23. The molecule has 9 heteroatoms. The van der Waals surface area contributed by atoms with Crippen LogP contribution in [0.15, 0.2) is 47.1 Å². The first-order chi connectivity index (χ1) is 15.0. The summed E-state index contributed by atoms with van der Waals surface area (Å²) < 4.78 is 24.1. The van der Waals surface area contributed by atoms with Crippen LogP contribution in [-0.2, 0) is 13.2 Å². The fourth-order valence-electron chi connectivity index (χ4n) is 3.56. The fourth-order valence-corrected chi connectivity index (χ4v) is 3.56. The molecular weight excluding hydrogens is 405 g/mol. The predicted molar refractivity (Wildman–Crippen MR) is 108 cm³/mol. The van der Waals surface area contributed by atoms with Crippen LogP contribution in [0.2, 0.25) is 0 Å². The van der Waals surface area contributed by atoms with E-state index in [1.54, 1.807) is 24.3 Å². The van der Waals surface area contributed by atoms with Gasteiger partial charge >= 0.3 is 0 Å². The average molecular weight is 427 g/mol. The highest BCUT2D eigenvalue weighted by atomic mass is 19.1. The largest absolute Gasteiger partial charge is 0.473 e. The van der Waals surface area contributed by atoms with Crippen molar-refractivity contribution in [1.82, 2.24) is 15.5 Å². The highest BCUT2D eigenvalue weighted by molar-refractivity contribution is 5.94. The monoisotopic (exact) mass is 427 g/mol. The number of nitrogens with one attached hydrogen (secondary N) is 1. The van der Waals surface area contributed by atoms with Gasteiger partial charge in [0.25, 0.3) is 5.91 Å². The SMILES string of the molecule is O=C(N[C@@H]1CCC[C@H]1O)c1ccc(OCc2c(-c3ccc(F)cc3)noc2CO)nc1. The molecule has 3 aromatic rings. The van der Waals surface area contributed by atoms with Gasteiger partial charge in [-0.1, -0.05) is 5.16 Å². The van der Waals surface area contributed by atoms with Crippen molar-refractivity contribution in [1.29, 1.82) is 0 Å². The topological polar surface area (TPSA) is 118 Å². The Morgan fingerprint density at radius 2 is 2.03 bits per heavy atom. The molecule has 1 amide bonds. The van der Waals surface area contributed by atoms with Gasteiger partial charge in [0.1, 0.15) is 24.7 Å². The third-order valence-corrected chi connectivity index (χ3v) is 5.29. The van der Waals surface area contributed by atoms with Crippen LogP contribution in [0.4, 0.5) is 4.39 Å². The van der Waals surface area contributed by atoms with Crippen molar-refractivity contribution in [2.45, 2.75) is 44.6 Å². The van der Waals surface area contributed by atoms with Crippen LogP contribution < -0.4 is 10.1 Å². The number of hydrogen-bond donors (Lipinski definition) is 3. The molecule has 2 heterocycles. The number of benzene rings is 1. The van der Waals surface area contributed by atoms with Crippen LogP contribution in [0.25, 0.3) is 11.3 Å². The van der Waals surface area contributed by atoms with Crippen LogP contribution >= 0.6 is 0 Å². The molecule has 2 aromatic heterocycles. The molecule has 0 saturated heterocycles. The molecule has 4 rings (SSSR count). The molecule has 1 fully saturated rings. The maximum atomic E-state index is 13.2. The van der Waals surface area contributed by atoms with Crippen molar-refractivity contribution in [2.75, 3.05) is 0 Å². The van der Waals surface area contributed by atoms with Crippen molar-refractivity contribution in [3.8, 4) is 17.1 Å². The van der Waals surface area contributed by atoms with E-state index in [2.05, 4.69) is 15.5 Å². The lowest BCUT2D eigenvalue weighted by Gasteiger charge is -2.16. The number of hydrogen-bond acceptors (Lipinski definition) is 7. The normalized spacial score (nSPS) is 18.2. The van der Waals surface area contributed by atoms with Crippen molar-refractivity contribution < 1.29 is 28.7 Å².